The van der Waals surface area contributed by atoms with Gasteiger partial charge in [-0.25, -0.2) is 0 Å². The Hall–Kier alpha value is 0.580. The summed E-state index contributed by atoms with van der Waals surface area (Å²) in [6.07, 6.45) is 1.14. The van der Waals surface area contributed by atoms with Gasteiger partial charge < -0.3 is 10.1 Å². The first-order chi connectivity index (χ1) is 7.69. The van der Waals surface area contributed by atoms with Crippen molar-refractivity contribution in [2.24, 2.45) is 0 Å². The van der Waals surface area contributed by atoms with E-state index in [0.717, 1.165) is 34.4 Å². The highest BCUT2D eigenvalue weighted by Gasteiger charge is 2.15. The van der Waals surface area contributed by atoms with Gasteiger partial charge in [0.05, 0.1) is 16.4 Å². The van der Waals surface area contributed by atoms with Crippen LogP contribution in [0, 0.1) is 0 Å². The number of ether oxygens (including phenoxy) is 1. The van der Waals surface area contributed by atoms with Crippen LogP contribution in [-0.2, 0) is 4.74 Å². The lowest BCUT2D eigenvalue weighted by molar-refractivity contribution is 0.124. The summed E-state index contributed by atoms with van der Waals surface area (Å²) >= 11 is 8.79. The molecule has 1 aromatic heterocycles. The van der Waals surface area contributed by atoms with Gasteiger partial charge in [0.25, 0.3) is 0 Å². The molecule has 1 aromatic rings. The maximum atomic E-state index is 5.51. The molecule has 2 nitrogen and oxygen atoms in total. The largest absolute Gasteiger partial charge is 0.380 e. The van der Waals surface area contributed by atoms with E-state index in [-0.39, 0.29) is 0 Å². The molecular formula is C11H17Br2NOS. The fourth-order valence-corrected chi connectivity index (χ4v) is 3.48. The second-order valence-electron chi connectivity index (χ2n) is 3.44. The Morgan fingerprint density at radius 2 is 2.19 bits per heavy atom. The third-order valence-corrected chi connectivity index (χ3v) is 5.51. The van der Waals surface area contributed by atoms with Crippen molar-refractivity contribution < 1.29 is 4.74 Å². The Bertz CT molecular complexity index is 289. The molecule has 5 heteroatoms. The van der Waals surface area contributed by atoms with Crippen molar-refractivity contribution >= 4 is 43.2 Å². The summed E-state index contributed by atoms with van der Waals surface area (Å²) in [4.78, 5) is 1.31. The van der Waals surface area contributed by atoms with Crippen LogP contribution < -0.4 is 5.32 Å². The minimum atomic E-state index is 0.299. The fraction of sp³-hybridized carbons (Fsp3) is 0.636. The molecule has 1 N–H and O–H groups in total. The highest BCUT2D eigenvalue weighted by molar-refractivity contribution is 9.13. The summed E-state index contributed by atoms with van der Waals surface area (Å²) < 4.78 is 7.77. The monoisotopic (exact) mass is 369 g/mol. The summed E-state index contributed by atoms with van der Waals surface area (Å²) in [6.45, 7) is 6.71. The molecule has 0 aliphatic carbocycles. The molecule has 1 rings (SSSR count). The van der Waals surface area contributed by atoms with Crippen LogP contribution in [0.5, 0.6) is 0 Å². The number of halogens is 2. The third-order valence-electron chi connectivity index (χ3n) is 2.14. The Kier molecular flexibility index (Phi) is 7.16. The van der Waals surface area contributed by atoms with Gasteiger partial charge in [-0.15, -0.1) is 11.3 Å². The zero-order valence-corrected chi connectivity index (χ0v) is 13.5. The molecule has 1 heterocycles. The third kappa shape index (κ3) is 4.45. The lowest BCUT2D eigenvalue weighted by atomic mass is 10.2. The van der Waals surface area contributed by atoms with Crippen LogP contribution in [0.25, 0.3) is 0 Å². The van der Waals surface area contributed by atoms with E-state index in [4.69, 9.17) is 4.74 Å². The second kappa shape index (κ2) is 7.82. The van der Waals surface area contributed by atoms with E-state index < -0.39 is 0 Å². The van der Waals surface area contributed by atoms with Crippen molar-refractivity contribution in [2.75, 3.05) is 19.8 Å². The zero-order chi connectivity index (χ0) is 12.0. The van der Waals surface area contributed by atoms with E-state index in [1.807, 2.05) is 6.92 Å². The van der Waals surface area contributed by atoms with Gasteiger partial charge >= 0.3 is 0 Å². The Morgan fingerprint density at radius 1 is 1.44 bits per heavy atom. The second-order valence-corrected chi connectivity index (χ2v) is 6.69. The number of nitrogens with one attached hydrogen (secondary N) is 1. The quantitative estimate of drug-likeness (QED) is 0.770. The number of thiophene rings is 1. The molecule has 1 unspecified atom stereocenters. The normalized spacial score (nSPS) is 13.0. The SMILES string of the molecule is CCCNC(COCC)c1cc(Br)c(Br)s1. The lowest BCUT2D eigenvalue weighted by Gasteiger charge is -2.16. The average molecular weight is 371 g/mol. The van der Waals surface area contributed by atoms with E-state index in [1.165, 1.54) is 4.88 Å². The van der Waals surface area contributed by atoms with Crippen molar-refractivity contribution in [3.8, 4) is 0 Å². The van der Waals surface area contributed by atoms with Gasteiger partial charge in [-0.05, 0) is 57.8 Å². The van der Waals surface area contributed by atoms with Crippen molar-refractivity contribution in [1.29, 1.82) is 0 Å². The average Bonchev–Trinajstić information content (AvgIpc) is 2.59. The summed E-state index contributed by atoms with van der Waals surface area (Å²) in [6, 6.07) is 2.45. The molecule has 0 spiro atoms. The molecule has 0 aliphatic rings. The first-order valence-electron chi connectivity index (χ1n) is 5.44. The van der Waals surface area contributed by atoms with Crippen molar-refractivity contribution in [1.82, 2.24) is 5.32 Å². The van der Waals surface area contributed by atoms with Crippen molar-refractivity contribution in [3.05, 3.63) is 19.2 Å². The molecule has 92 valence electrons. The van der Waals surface area contributed by atoms with Crippen LogP contribution in [0.3, 0.4) is 0 Å². The molecule has 0 saturated heterocycles. The molecule has 0 fully saturated rings. The van der Waals surface area contributed by atoms with Crippen molar-refractivity contribution in [3.63, 3.8) is 0 Å². The molecule has 0 radical (unpaired) electrons. The first kappa shape index (κ1) is 14.6. The highest BCUT2D eigenvalue weighted by atomic mass is 79.9. The molecule has 0 aliphatic heterocycles. The van der Waals surface area contributed by atoms with E-state index >= 15 is 0 Å². The Morgan fingerprint density at radius 3 is 2.69 bits per heavy atom. The Balaban J connectivity index is 2.66. The van der Waals surface area contributed by atoms with Gasteiger partial charge in [0.1, 0.15) is 0 Å². The van der Waals surface area contributed by atoms with Gasteiger partial charge in [-0.2, -0.15) is 0 Å². The van der Waals surface area contributed by atoms with E-state index in [1.54, 1.807) is 11.3 Å². The fourth-order valence-electron chi connectivity index (χ4n) is 1.33. The summed E-state index contributed by atoms with van der Waals surface area (Å²) in [5.74, 6) is 0. The summed E-state index contributed by atoms with van der Waals surface area (Å²) in [5, 5.41) is 3.50. The lowest BCUT2D eigenvalue weighted by Crippen LogP contribution is -2.25. The molecule has 0 bridgehead atoms. The van der Waals surface area contributed by atoms with Crippen LogP contribution in [0.1, 0.15) is 31.2 Å². The smallest absolute Gasteiger partial charge is 0.0843 e. The molecule has 1 atom stereocenters. The van der Waals surface area contributed by atoms with Crippen LogP contribution in [0.4, 0.5) is 0 Å². The molecule has 0 aromatic carbocycles. The van der Waals surface area contributed by atoms with Gasteiger partial charge in [0, 0.05) is 16.0 Å². The topological polar surface area (TPSA) is 21.3 Å². The van der Waals surface area contributed by atoms with Gasteiger partial charge in [-0.1, -0.05) is 6.92 Å². The van der Waals surface area contributed by atoms with E-state index in [2.05, 4.69) is 50.2 Å². The van der Waals surface area contributed by atoms with Gasteiger partial charge in [0.15, 0.2) is 0 Å². The maximum Gasteiger partial charge on any atom is 0.0843 e. The molecular weight excluding hydrogens is 354 g/mol. The zero-order valence-electron chi connectivity index (χ0n) is 9.56. The Labute approximate surface area is 118 Å². The predicted octanol–water partition coefficient (Wildman–Crippen LogP) is 4.35. The predicted molar refractivity (Wildman–Crippen MR) is 77.2 cm³/mol. The number of hydrogen-bond donors (Lipinski definition) is 1. The number of hydrogen-bond acceptors (Lipinski definition) is 3. The van der Waals surface area contributed by atoms with Crippen LogP contribution in [0.15, 0.2) is 14.3 Å². The van der Waals surface area contributed by atoms with E-state index in [0.29, 0.717) is 6.04 Å². The molecule has 16 heavy (non-hydrogen) atoms. The van der Waals surface area contributed by atoms with Crippen LogP contribution in [0.2, 0.25) is 0 Å². The molecule has 0 saturated carbocycles. The van der Waals surface area contributed by atoms with Crippen LogP contribution >= 0.6 is 43.2 Å². The van der Waals surface area contributed by atoms with E-state index in [9.17, 15) is 0 Å². The molecule has 0 amide bonds. The summed E-state index contributed by atoms with van der Waals surface area (Å²) in [7, 11) is 0. The van der Waals surface area contributed by atoms with Gasteiger partial charge in [-0.3, -0.25) is 0 Å². The first-order valence-corrected chi connectivity index (χ1v) is 7.85. The van der Waals surface area contributed by atoms with Gasteiger partial charge in [0.2, 0.25) is 0 Å². The highest BCUT2D eigenvalue weighted by Crippen LogP contribution is 2.35. The minimum Gasteiger partial charge on any atom is -0.380 e. The van der Waals surface area contributed by atoms with Crippen molar-refractivity contribution in [2.45, 2.75) is 26.3 Å². The minimum absolute atomic E-state index is 0.299. The standard InChI is InChI=1S/C11H17Br2NOS/c1-3-5-14-9(7-15-4-2)10-6-8(12)11(13)16-10/h6,9,14H,3-5,7H2,1-2H3. The maximum absolute atomic E-state index is 5.51. The summed E-state index contributed by atoms with van der Waals surface area (Å²) in [5.41, 5.74) is 0. The van der Waals surface area contributed by atoms with Crippen LogP contribution in [-0.4, -0.2) is 19.8 Å². The number of rotatable bonds is 7.